The molecule has 0 aliphatic rings. The van der Waals surface area contributed by atoms with Crippen LogP contribution in [0.25, 0.3) is 0 Å². The van der Waals surface area contributed by atoms with Gasteiger partial charge in [-0.05, 0) is 36.5 Å². The van der Waals surface area contributed by atoms with Gasteiger partial charge in [0.15, 0.2) is 0 Å². The van der Waals surface area contributed by atoms with E-state index in [-0.39, 0.29) is 6.04 Å². The number of rotatable bonds is 6. The maximum absolute atomic E-state index is 6.20. The Hall–Kier alpha value is -0.240. The lowest BCUT2D eigenvalue weighted by molar-refractivity contribution is 0.411. The largest absolute Gasteiger partial charge is 0.327 e. The lowest BCUT2D eigenvalue weighted by Gasteiger charge is -2.19. The fourth-order valence-corrected chi connectivity index (χ4v) is 2.20. The predicted octanol–water partition coefficient (Wildman–Crippen LogP) is 4.69. The molecule has 0 saturated heterocycles. The van der Waals surface area contributed by atoms with Crippen molar-refractivity contribution in [1.29, 1.82) is 0 Å². The quantitative estimate of drug-likeness (QED) is 0.800. The summed E-state index contributed by atoms with van der Waals surface area (Å²) < 4.78 is 0. The molecule has 1 aromatic carbocycles. The maximum Gasteiger partial charge on any atom is 0.0595 e. The molecule has 0 radical (unpaired) electrons. The van der Waals surface area contributed by atoms with E-state index >= 15 is 0 Å². The van der Waals surface area contributed by atoms with Gasteiger partial charge in [-0.2, -0.15) is 0 Å². The molecule has 0 aliphatic heterocycles. The third-order valence-electron chi connectivity index (χ3n) is 3.20. The first kappa shape index (κ1) is 14.8. The molecule has 0 aliphatic carbocycles. The zero-order valence-electron chi connectivity index (χ0n) is 10.5. The molecule has 17 heavy (non-hydrogen) atoms. The van der Waals surface area contributed by atoms with Crippen LogP contribution in [0, 0.1) is 5.92 Å². The monoisotopic (exact) mass is 273 g/mol. The van der Waals surface area contributed by atoms with E-state index in [1.54, 1.807) is 0 Å². The number of halogens is 2. The molecule has 96 valence electrons. The Morgan fingerprint density at radius 3 is 2.53 bits per heavy atom. The van der Waals surface area contributed by atoms with E-state index in [9.17, 15) is 0 Å². The zero-order valence-corrected chi connectivity index (χ0v) is 12.1. The maximum atomic E-state index is 6.20. The van der Waals surface area contributed by atoms with Gasteiger partial charge in [-0.3, -0.25) is 0 Å². The highest BCUT2D eigenvalue weighted by Crippen LogP contribution is 2.24. The van der Waals surface area contributed by atoms with Crippen LogP contribution in [0.3, 0.4) is 0 Å². The van der Waals surface area contributed by atoms with Crippen molar-refractivity contribution in [3.8, 4) is 0 Å². The minimum atomic E-state index is 0.193. The van der Waals surface area contributed by atoms with E-state index in [1.165, 1.54) is 19.3 Å². The van der Waals surface area contributed by atoms with Crippen LogP contribution in [-0.2, 0) is 6.42 Å². The van der Waals surface area contributed by atoms with Gasteiger partial charge < -0.3 is 5.73 Å². The van der Waals surface area contributed by atoms with E-state index < -0.39 is 0 Å². The fraction of sp³-hybridized carbons (Fsp3) is 0.571. The molecule has 2 atom stereocenters. The zero-order chi connectivity index (χ0) is 12.8. The number of hydrogen-bond acceptors (Lipinski definition) is 1. The first-order valence-corrected chi connectivity index (χ1v) is 6.99. The van der Waals surface area contributed by atoms with Gasteiger partial charge in [-0.25, -0.2) is 0 Å². The Kier molecular flexibility index (Phi) is 6.32. The van der Waals surface area contributed by atoms with Crippen LogP contribution in [0.5, 0.6) is 0 Å². The number of unbranched alkanes of at least 4 members (excludes halogenated alkanes) is 1. The van der Waals surface area contributed by atoms with E-state index in [0.717, 1.165) is 12.0 Å². The fourth-order valence-electron chi connectivity index (χ4n) is 1.88. The average molecular weight is 274 g/mol. The van der Waals surface area contributed by atoms with Crippen molar-refractivity contribution in [2.75, 3.05) is 0 Å². The van der Waals surface area contributed by atoms with Crippen molar-refractivity contribution in [2.45, 2.75) is 45.6 Å². The lowest BCUT2D eigenvalue weighted by Crippen LogP contribution is -2.30. The minimum Gasteiger partial charge on any atom is -0.327 e. The lowest BCUT2D eigenvalue weighted by atomic mass is 9.92. The molecule has 0 spiro atoms. The van der Waals surface area contributed by atoms with Gasteiger partial charge in [0.05, 0.1) is 10.0 Å². The van der Waals surface area contributed by atoms with E-state index in [0.29, 0.717) is 16.0 Å². The Labute approximate surface area is 114 Å². The van der Waals surface area contributed by atoms with Gasteiger partial charge in [-0.15, -0.1) is 0 Å². The van der Waals surface area contributed by atoms with Crippen LogP contribution < -0.4 is 5.73 Å². The summed E-state index contributed by atoms with van der Waals surface area (Å²) in [5.41, 5.74) is 7.36. The molecule has 3 heteroatoms. The van der Waals surface area contributed by atoms with Crippen LogP contribution >= 0.6 is 23.2 Å². The van der Waals surface area contributed by atoms with Crippen molar-refractivity contribution in [2.24, 2.45) is 11.7 Å². The molecule has 2 unspecified atom stereocenters. The summed E-state index contributed by atoms with van der Waals surface area (Å²) in [4.78, 5) is 0. The van der Waals surface area contributed by atoms with Gasteiger partial charge >= 0.3 is 0 Å². The highest BCUT2D eigenvalue weighted by molar-refractivity contribution is 6.42. The van der Waals surface area contributed by atoms with Crippen molar-refractivity contribution in [3.05, 3.63) is 33.8 Å². The Morgan fingerprint density at radius 1 is 1.24 bits per heavy atom. The van der Waals surface area contributed by atoms with Gasteiger partial charge in [-0.1, -0.05) is 56.0 Å². The summed E-state index contributed by atoms with van der Waals surface area (Å²) >= 11 is 11.9. The van der Waals surface area contributed by atoms with Crippen molar-refractivity contribution >= 4 is 23.2 Å². The first-order valence-electron chi connectivity index (χ1n) is 6.24. The summed E-state index contributed by atoms with van der Waals surface area (Å²) in [6, 6.07) is 5.94. The Balaban J connectivity index is 2.55. The molecule has 0 aromatic heterocycles. The van der Waals surface area contributed by atoms with Crippen molar-refractivity contribution in [3.63, 3.8) is 0 Å². The second-order valence-corrected chi connectivity index (χ2v) is 5.55. The summed E-state index contributed by atoms with van der Waals surface area (Å²) in [5.74, 6) is 0.546. The molecule has 2 N–H and O–H groups in total. The van der Waals surface area contributed by atoms with E-state index in [2.05, 4.69) is 13.8 Å². The SMILES string of the molecule is CCCCC(C)C(N)Cc1ccc(Cl)c(Cl)c1. The van der Waals surface area contributed by atoms with Crippen LogP contribution in [0.1, 0.15) is 38.7 Å². The Bertz CT molecular complexity index is 352. The molecule has 0 amide bonds. The smallest absolute Gasteiger partial charge is 0.0595 e. The third-order valence-corrected chi connectivity index (χ3v) is 3.94. The minimum absolute atomic E-state index is 0.193. The third kappa shape index (κ3) is 4.87. The highest BCUT2D eigenvalue weighted by atomic mass is 35.5. The molecule has 1 aromatic rings. The van der Waals surface area contributed by atoms with Crippen LogP contribution in [0.4, 0.5) is 0 Å². The van der Waals surface area contributed by atoms with Crippen molar-refractivity contribution < 1.29 is 0 Å². The molecule has 0 bridgehead atoms. The second kappa shape index (κ2) is 7.25. The highest BCUT2D eigenvalue weighted by Gasteiger charge is 2.13. The van der Waals surface area contributed by atoms with E-state index in [1.807, 2.05) is 18.2 Å². The van der Waals surface area contributed by atoms with Crippen molar-refractivity contribution in [1.82, 2.24) is 0 Å². The first-order chi connectivity index (χ1) is 8.04. The molecule has 1 rings (SSSR count). The molecule has 0 fully saturated rings. The summed E-state index contributed by atoms with van der Waals surface area (Å²) in [6.07, 6.45) is 4.53. The number of benzene rings is 1. The average Bonchev–Trinajstić information content (AvgIpc) is 2.30. The molecular weight excluding hydrogens is 253 g/mol. The van der Waals surface area contributed by atoms with Gasteiger partial charge in [0.25, 0.3) is 0 Å². The second-order valence-electron chi connectivity index (χ2n) is 4.74. The summed E-state index contributed by atoms with van der Waals surface area (Å²) in [5, 5.41) is 1.21. The van der Waals surface area contributed by atoms with Gasteiger partial charge in [0.2, 0.25) is 0 Å². The standard InChI is InChI=1S/C14H21Cl2N/c1-3-4-5-10(2)14(17)9-11-6-7-12(15)13(16)8-11/h6-8,10,14H,3-5,9,17H2,1-2H3. The van der Waals surface area contributed by atoms with E-state index in [4.69, 9.17) is 28.9 Å². The summed E-state index contributed by atoms with van der Waals surface area (Å²) in [7, 11) is 0. The topological polar surface area (TPSA) is 26.0 Å². The molecule has 1 nitrogen and oxygen atoms in total. The van der Waals surface area contributed by atoms with Crippen LogP contribution in [0.15, 0.2) is 18.2 Å². The van der Waals surface area contributed by atoms with Gasteiger partial charge in [0, 0.05) is 6.04 Å². The number of nitrogens with two attached hydrogens (primary N) is 1. The predicted molar refractivity (Wildman–Crippen MR) is 76.8 cm³/mol. The van der Waals surface area contributed by atoms with Crippen LogP contribution in [0.2, 0.25) is 10.0 Å². The molecule has 0 heterocycles. The Morgan fingerprint density at radius 2 is 1.94 bits per heavy atom. The molecule has 0 saturated carbocycles. The van der Waals surface area contributed by atoms with Crippen LogP contribution in [-0.4, -0.2) is 6.04 Å². The van der Waals surface area contributed by atoms with Gasteiger partial charge in [0.1, 0.15) is 0 Å². The summed E-state index contributed by atoms with van der Waals surface area (Å²) in [6.45, 7) is 4.43. The number of hydrogen-bond donors (Lipinski definition) is 1. The molecular formula is C14H21Cl2N. The normalized spacial score (nSPS) is 14.6.